The smallest absolute Gasteiger partial charge is 0.303 e. The maximum atomic E-state index is 12.7. The van der Waals surface area contributed by atoms with Crippen LogP contribution < -0.4 is 21.3 Å². The molecule has 0 aliphatic rings. The molecular formula is C21H32N4O6. The van der Waals surface area contributed by atoms with Gasteiger partial charge in [0.05, 0.1) is 12.6 Å². The lowest BCUT2D eigenvalue weighted by molar-refractivity contribution is -0.137. The number of likely N-dealkylation sites (N-methyl/N-ethyl adjacent to an activating group) is 1. The van der Waals surface area contributed by atoms with Crippen LogP contribution in [0.3, 0.4) is 0 Å². The van der Waals surface area contributed by atoms with E-state index in [1.54, 1.807) is 38.1 Å². The summed E-state index contributed by atoms with van der Waals surface area (Å²) < 4.78 is 0. The maximum Gasteiger partial charge on any atom is 0.303 e. The van der Waals surface area contributed by atoms with E-state index in [1.807, 2.05) is 0 Å². The molecule has 1 aromatic rings. The Morgan fingerprint density at radius 2 is 1.55 bits per heavy atom. The highest BCUT2D eigenvalue weighted by atomic mass is 16.4. The first-order valence-electron chi connectivity index (χ1n) is 10.1. The number of hydrogen-bond acceptors (Lipinski definition) is 6. The fourth-order valence-electron chi connectivity index (χ4n) is 2.78. The predicted octanol–water partition coefficient (Wildman–Crippen LogP) is 0.216. The minimum atomic E-state index is -1.02. The predicted molar refractivity (Wildman–Crippen MR) is 115 cm³/mol. The van der Waals surface area contributed by atoms with Crippen LogP contribution in [0.15, 0.2) is 24.3 Å². The van der Waals surface area contributed by atoms with Gasteiger partial charge in [0, 0.05) is 12.1 Å². The summed E-state index contributed by atoms with van der Waals surface area (Å²) in [5.74, 6) is -2.72. The van der Waals surface area contributed by atoms with Crippen molar-refractivity contribution >= 4 is 29.4 Å². The number of anilines is 1. The SMILES string of the molecule is CN[C@@H](CCC(=O)O)C(=O)N[C@H](C(=O)N[C@@H](C)C(=O)Nc1ccc(CO)cc1)C(C)C. The number of carbonyl (C=O) groups is 4. The molecule has 0 aromatic heterocycles. The molecular weight excluding hydrogens is 404 g/mol. The molecule has 0 bridgehead atoms. The van der Waals surface area contributed by atoms with E-state index in [-0.39, 0.29) is 25.4 Å². The topological polar surface area (TPSA) is 157 Å². The standard InChI is InChI=1S/C21H32N4O6/c1-12(2)18(25-20(30)16(22-4)9-10-17(27)28)21(31)23-13(3)19(29)24-15-7-5-14(11-26)6-8-15/h5-8,12-13,16,18,22,26H,9-11H2,1-4H3,(H,23,31)(H,24,29)(H,25,30)(H,27,28)/t13-,16-,18-/m0/s1. The molecule has 31 heavy (non-hydrogen) atoms. The second kappa shape index (κ2) is 12.7. The molecule has 1 aromatic carbocycles. The monoisotopic (exact) mass is 436 g/mol. The molecule has 172 valence electrons. The number of hydrogen-bond donors (Lipinski definition) is 6. The summed E-state index contributed by atoms with van der Waals surface area (Å²) in [5, 5.41) is 28.5. The van der Waals surface area contributed by atoms with E-state index in [1.165, 1.54) is 14.0 Å². The zero-order valence-corrected chi connectivity index (χ0v) is 18.3. The minimum Gasteiger partial charge on any atom is -0.481 e. The zero-order valence-electron chi connectivity index (χ0n) is 18.3. The fraction of sp³-hybridized carbons (Fsp3) is 0.524. The van der Waals surface area contributed by atoms with Crippen molar-refractivity contribution in [3.05, 3.63) is 29.8 Å². The first kappa shape index (κ1) is 26.1. The van der Waals surface area contributed by atoms with E-state index < -0.39 is 41.8 Å². The summed E-state index contributed by atoms with van der Waals surface area (Å²) in [7, 11) is 1.54. The molecule has 1 rings (SSSR count). The number of aliphatic carboxylic acids is 1. The molecule has 0 radical (unpaired) electrons. The lowest BCUT2D eigenvalue weighted by atomic mass is 10.0. The van der Waals surface area contributed by atoms with Gasteiger partial charge in [-0.1, -0.05) is 26.0 Å². The van der Waals surface area contributed by atoms with Crippen LogP contribution in [0.1, 0.15) is 39.2 Å². The molecule has 10 heteroatoms. The Kier molecular flexibility index (Phi) is 10.6. The Morgan fingerprint density at radius 3 is 2.03 bits per heavy atom. The number of carbonyl (C=O) groups excluding carboxylic acids is 3. The van der Waals surface area contributed by atoms with Gasteiger partial charge in [0.15, 0.2) is 0 Å². The van der Waals surface area contributed by atoms with E-state index in [4.69, 9.17) is 10.2 Å². The Balaban J connectivity index is 2.71. The third kappa shape index (κ3) is 8.73. The van der Waals surface area contributed by atoms with Crippen molar-refractivity contribution in [2.24, 2.45) is 5.92 Å². The minimum absolute atomic E-state index is 0.0813. The van der Waals surface area contributed by atoms with Gasteiger partial charge < -0.3 is 31.5 Å². The molecule has 0 heterocycles. The van der Waals surface area contributed by atoms with Crippen LogP contribution in [0.4, 0.5) is 5.69 Å². The molecule has 0 saturated carbocycles. The number of aliphatic hydroxyl groups excluding tert-OH is 1. The van der Waals surface area contributed by atoms with Crippen LogP contribution in [-0.2, 0) is 25.8 Å². The summed E-state index contributed by atoms with van der Waals surface area (Å²) in [6.45, 7) is 4.93. The van der Waals surface area contributed by atoms with Crippen molar-refractivity contribution in [1.29, 1.82) is 0 Å². The Hall–Kier alpha value is -2.98. The largest absolute Gasteiger partial charge is 0.481 e. The van der Waals surface area contributed by atoms with Gasteiger partial charge in [0.1, 0.15) is 12.1 Å². The number of amides is 3. The molecule has 3 atom stereocenters. The van der Waals surface area contributed by atoms with Crippen molar-refractivity contribution < 1.29 is 29.4 Å². The molecule has 10 nitrogen and oxygen atoms in total. The number of nitrogens with one attached hydrogen (secondary N) is 4. The number of rotatable bonds is 12. The van der Waals surface area contributed by atoms with Crippen LogP contribution in [0.2, 0.25) is 0 Å². The van der Waals surface area contributed by atoms with Crippen LogP contribution in [0.25, 0.3) is 0 Å². The van der Waals surface area contributed by atoms with Crippen LogP contribution >= 0.6 is 0 Å². The highest BCUT2D eigenvalue weighted by Crippen LogP contribution is 2.10. The van der Waals surface area contributed by atoms with Gasteiger partial charge in [-0.25, -0.2) is 0 Å². The Morgan fingerprint density at radius 1 is 0.935 bits per heavy atom. The first-order valence-corrected chi connectivity index (χ1v) is 10.1. The van der Waals surface area contributed by atoms with Crippen molar-refractivity contribution in [3.8, 4) is 0 Å². The number of carboxylic acid groups (broad SMARTS) is 1. The Labute approximate surface area is 181 Å². The maximum absolute atomic E-state index is 12.7. The molecule has 0 unspecified atom stereocenters. The average Bonchev–Trinajstić information content (AvgIpc) is 2.72. The van der Waals surface area contributed by atoms with E-state index in [0.717, 1.165) is 0 Å². The molecule has 0 aliphatic carbocycles. The lowest BCUT2D eigenvalue weighted by Crippen LogP contribution is -2.56. The highest BCUT2D eigenvalue weighted by Gasteiger charge is 2.29. The van der Waals surface area contributed by atoms with E-state index in [9.17, 15) is 19.2 Å². The number of benzene rings is 1. The normalized spacial score (nSPS) is 13.7. The van der Waals surface area contributed by atoms with Crippen molar-refractivity contribution in [1.82, 2.24) is 16.0 Å². The summed E-state index contributed by atoms with van der Waals surface area (Å²) in [6, 6.07) is 4.11. The lowest BCUT2D eigenvalue weighted by Gasteiger charge is -2.26. The summed E-state index contributed by atoms with van der Waals surface area (Å²) in [6.07, 6.45) is -0.105. The third-order valence-corrected chi connectivity index (χ3v) is 4.71. The summed E-state index contributed by atoms with van der Waals surface area (Å²) >= 11 is 0. The summed E-state index contributed by atoms with van der Waals surface area (Å²) in [4.78, 5) is 48.3. The quantitative estimate of drug-likeness (QED) is 0.273. The van der Waals surface area contributed by atoms with E-state index >= 15 is 0 Å². The summed E-state index contributed by atoms with van der Waals surface area (Å²) in [5.41, 5.74) is 1.23. The van der Waals surface area contributed by atoms with Gasteiger partial charge in [0.25, 0.3) is 0 Å². The third-order valence-electron chi connectivity index (χ3n) is 4.71. The van der Waals surface area contributed by atoms with E-state index in [0.29, 0.717) is 11.3 Å². The zero-order chi connectivity index (χ0) is 23.6. The molecule has 3 amide bonds. The second-order valence-corrected chi connectivity index (χ2v) is 7.58. The average molecular weight is 437 g/mol. The van der Waals surface area contributed by atoms with Gasteiger partial charge in [-0.3, -0.25) is 19.2 Å². The van der Waals surface area contributed by atoms with Crippen LogP contribution in [0, 0.1) is 5.92 Å². The van der Waals surface area contributed by atoms with Crippen molar-refractivity contribution in [2.75, 3.05) is 12.4 Å². The van der Waals surface area contributed by atoms with Gasteiger partial charge in [-0.15, -0.1) is 0 Å². The molecule has 0 fully saturated rings. The van der Waals surface area contributed by atoms with Gasteiger partial charge in [0.2, 0.25) is 17.7 Å². The van der Waals surface area contributed by atoms with Crippen LogP contribution in [-0.4, -0.2) is 59.1 Å². The number of aliphatic hydroxyl groups is 1. The fourth-order valence-corrected chi connectivity index (χ4v) is 2.78. The van der Waals surface area contributed by atoms with Crippen molar-refractivity contribution in [3.63, 3.8) is 0 Å². The molecule has 0 aliphatic heterocycles. The second-order valence-electron chi connectivity index (χ2n) is 7.58. The first-order chi connectivity index (χ1) is 14.6. The van der Waals surface area contributed by atoms with E-state index in [2.05, 4.69) is 21.3 Å². The molecule has 6 N–H and O–H groups in total. The van der Waals surface area contributed by atoms with Crippen LogP contribution in [0.5, 0.6) is 0 Å². The van der Waals surface area contributed by atoms with Gasteiger partial charge >= 0.3 is 5.97 Å². The number of carboxylic acids is 1. The van der Waals surface area contributed by atoms with Gasteiger partial charge in [-0.2, -0.15) is 0 Å². The Bertz CT molecular complexity index is 766. The highest BCUT2D eigenvalue weighted by molar-refractivity contribution is 5.98. The van der Waals surface area contributed by atoms with Gasteiger partial charge in [-0.05, 0) is 44.0 Å². The van der Waals surface area contributed by atoms with Crippen molar-refractivity contribution in [2.45, 2.75) is 58.3 Å². The molecule has 0 saturated heterocycles. The molecule has 0 spiro atoms.